The summed E-state index contributed by atoms with van der Waals surface area (Å²) in [6.45, 7) is 4.19. The minimum atomic E-state index is -3.74. The summed E-state index contributed by atoms with van der Waals surface area (Å²) < 4.78 is 32.6. The van der Waals surface area contributed by atoms with Gasteiger partial charge in [-0.1, -0.05) is 17.7 Å². The maximum Gasteiger partial charge on any atom is 0.262 e. The van der Waals surface area contributed by atoms with Crippen LogP contribution >= 0.6 is 11.6 Å². The molecular weight excluding hydrogens is 312 g/mol. The largest absolute Gasteiger partial charge is 0.492 e. The van der Waals surface area contributed by atoms with Crippen molar-refractivity contribution < 1.29 is 13.2 Å². The van der Waals surface area contributed by atoms with Crippen LogP contribution in [0.25, 0.3) is 0 Å². The zero-order valence-electron chi connectivity index (χ0n) is 11.6. The summed E-state index contributed by atoms with van der Waals surface area (Å²) >= 11 is 5.73. The van der Waals surface area contributed by atoms with Crippen LogP contribution in [0.4, 0.5) is 5.69 Å². The molecule has 1 aromatic carbocycles. The zero-order valence-corrected chi connectivity index (χ0v) is 13.2. The number of sulfonamides is 1. The van der Waals surface area contributed by atoms with Gasteiger partial charge in [0.05, 0.1) is 17.2 Å². The molecule has 0 atom stereocenters. The number of rotatable bonds is 5. The molecule has 0 spiro atoms. The fraction of sp³-hybridized carbons (Fsp3) is 0.214. The van der Waals surface area contributed by atoms with Gasteiger partial charge >= 0.3 is 0 Å². The fourth-order valence-electron chi connectivity index (χ4n) is 1.74. The first-order valence-electron chi connectivity index (χ1n) is 6.30. The highest BCUT2D eigenvalue weighted by Crippen LogP contribution is 2.28. The predicted molar refractivity (Wildman–Crippen MR) is 82.4 cm³/mol. The van der Waals surface area contributed by atoms with Crippen molar-refractivity contribution >= 4 is 27.3 Å². The molecular formula is C14H15ClN2O3S. The maximum atomic E-state index is 12.3. The van der Waals surface area contributed by atoms with Gasteiger partial charge in [0.1, 0.15) is 10.9 Å². The van der Waals surface area contributed by atoms with Crippen LogP contribution in [-0.2, 0) is 10.0 Å². The highest BCUT2D eigenvalue weighted by molar-refractivity contribution is 7.92. The molecule has 0 aliphatic heterocycles. The highest BCUT2D eigenvalue weighted by atomic mass is 35.5. The second-order valence-electron chi connectivity index (χ2n) is 4.35. The second-order valence-corrected chi connectivity index (χ2v) is 6.42. The first kappa shape index (κ1) is 15.6. The maximum absolute atomic E-state index is 12.3. The van der Waals surface area contributed by atoms with Crippen LogP contribution in [0.3, 0.4) is 0 Å². The highest BCUT2D eigenvalue weighted by Gasteiger charge is 2.17. The number of aromatic nitrogens is 1. The van der Waals surface area contributed by atoms with Crippen molar-refractivity contribution in [3.63, 3.8) is 0 Å². The number of aryl methyl sites for hydroxylation is 1. The molecule has 0 amide bonds. The van der Waals surface area contributed by atoms with Gasteiger partial charge in [0, 0.05) is 6.20 Å². The Hall–Kier alpha value is -1.79. The van der Waals surface area contributed by atoms with Crippen molar-refractivity contribution in [2.45, 2.75) is 18.7 Å². The SMILES string of the molecule is CCOc1cc(C)ccc1NS(=O)(=O)c1ccnc(Cl)c1. The van der Waals surface area contributed by atoms with Crippen molar-refractivity contribution in [3.8, 4) is 5.75 Å². The van der Waals surface area contributed by atoms with Gasteiger partial charge in [-0.25, -0.2) is 13.4 Å². The lowest BCUT2D eigenvalue weighted by Crippen LogP contribution is -2.14. The second kappa shape index (κ2) is 6.32. The van der Waals surface area contributed by atoms with Crippen LogP contribution in [0.2, 0.25) is 5.15 Å². The molecule has 7 heteroatoms. The third-order valence-corrected chi connectivity index (χ3v) is 4.26. The van der Waals surface area contributed by atoms with E-state index in [9.17, 15) is 8.42 Å². The quantitative estimate of drug-likeness (QED) is 0.856. The molecule has 21 heavy (non-hydrogen) atoms. The minimum absolute atomic E-state index is 0.0468. The van der Waals surface area contributed by atoms with Crippen molar-refractivity contribution in [3.05, 3.63) is 47.2 Å². The molecule has 2 rings (SSSR count). The lowest BCUT2D eigenvalue weighted by atomic mass is 10.2. The molecule has 112 valence electrons. The number of nitrogens with zero attached hydrogens (tertiary/aromatic N) is 1. The molecule has 0 radical (unpaired) electrons. The van der Waals surface area contributed by atoms with Gasteiger partial charge in [-0.3, -0.25) is 4.72 Å². The average molecular weight is 327 g/mol. The van der Waals surface area contributed by atoms with Crippen molar-refractivity contribution in [1.29, 1.82) is 0 Å². The molecule has 0 saturated heterocycles. The molecule has 1 N–H and O–H groups in total. The van der Waals surface area contributed by atoms with Crippen molar-refractivity contribution in [2.75, 3.05) is 11.3 Å². The van der Waals surface area contributed by atoms with Gasteiger partial charge in [-0.15, -0.1) is 0 Å². The molecule has 0 unspecified atom stereocenters. The van der Waals surface area contributed by atoms with E-state index in [1.165, 1.54) is 18.3 Å². The molecule has 0 saturated carbocycles. The predicted octanol–water partition coefficient (Wildman–Crippen LogP) is 3.24. The summed E-state index contributed by atoms with van der Waals surface area (Å²) in [4.78, 5) is 3.81. The van der Waals surface area contributed by atoms with Gasteiger partial charge < -0.3 is 4.74 Å². The molecule has 1 aromatic heterocycles. The van der Waals surface area contributed by atoms with E-state index in [2.05, 4.69) is 9.71 Å². The van der Waals surface area contributed by atoms with E-state index in [1.807, 2.05) is 13.8 Å². The average Bonchev–Trinajstić information content (AvgIpc) is 2.42. The Bertz CT molecular complexity index is 748. The lowest BCUT2D eigenvalue weighted by Gasteiger charge is -2.13. The van der Waals surface area contributed by atoms with E-state index in [0.717, 1.165) is 5.56 Å². The number of nitrogens with one attached hydrogen (secondary N) is 1. The third kappa shape index (κ3) is 3.86. The van der Waals surface area contributed by atoms with Crippen LogP contribution < -0.4 is 9.46 Å². The van der Waals surface area contributed by atoms with E-state index in [-0.39, 0.29) is 10.0 Å². The normalized spacial score (nSPS) is 11.2. The van der Waals surface area contributed by atoms with Crippen LogP contribution in [0, 0.1) is 6.92 Å². The number of hydrogen-bond donors (Lipinski definition) is 1. The van der Waals surface area contributed by atoms with Crippen LogP contribution in [-0.4, -0.2) is 20.0 Å². The molecule has 1 heterocycles. The van der Waals surface area contributed by atoms with Gasteiger partial charge in [0.25, 0.3) is 10.0 Å². The number of anilines is 1. The Labute approximate surface area is 129 Å². The number of hydrogen-bond acceptors (Lipinski definition) is 4. The summed E-state index contributed by atoms with van der Waals surface area (Å²) in [5.74, 6) is 0.487. The van der Waals surface area contributed by atoms with Gasteiger partial charge in [0.15, 0.2) is 0 Å². The standard InChI is InChI=1S/C14H15ClN2O3S/c1-3-20-13-8-10(2)4-5-12(13)17-21(18,19)11-6-7-16-14(15)9-11/h4-9,17H,3H2,1-2H3. The Morgan fingerprint density at radius 3 is 2.71 bits per heavy atom. The van der Waals surface area contributed by atoms with Crippen molar-refractivity contribution in [2.24, 2.45) is 0 Å². The fourth-order valence-corrected chi connectivity index (χ4v) is 3.07. The van der Waals surface area contributed by atoms with Crippen LogP contribution in [0.15, 0.2) is 41.4 Å². The van der Waals surface area contributed by atoms with E-state index in [4.69, 9.17) is 16.3 Å². The topological polar surface area (TPSA) is 68.3 Å². The van der Waals surface area contributed by atoms with E-state index >= 15 is 0 Å². The zero-order chi connectivity index (χ0) is 15.5. The van der Waals surface area contributed by atoms with Gasteiger partial charge in [0.2, 0.25) is 0 Å². The van der Waals surface area contributed by atoms with E-state index in [0.29, 0.717) is 18.0 Å². The molecule has 5 nitrogen and oxygen atoms in total. The molecule has 2 aromatic rings. The summed E-state index contributed by atoms with van der Waals surface area (Å²) in [6.07, 6.45) is 1.34. The Morgan fingerprint density at radius 1 is 1.29 bits per heavy atom. The number of benzene rings is 1. The molecule has 0 aliphatic rings. The summed E-state index contributed by atoms with van der Waals surface area (Å²) in [5.41, 5.74) is 1.36. The van der Waals surface area contributed by atoms with Crippen LogP contribution in [0.1, 0.15) is 12.5 Å². The Morgan fingerprint density at radius 2 is 2.05 bits per heavy atom. The van der Waals surface area contributed by atoms with Gasteiger partial charge in [-0.05, 0) is 43.7 Å². The third-order valence-electron chi connectivity index (χ3n) is 2.69. The monoisotopic (exact) mass is 326 g/mol. The molecule has 0 aliphatic carbocycles. The first-order chi connectivity index (χ1) is 9.92. The Kier molecular flexibility index (Phi) is 4.69. The van der Waals surface area contributed by atoms with Crippen molar-refractivity contribution in [1.82, 2.24) is 4.98 Å². The van der Waals surface area contributed by atoms with E-state index < -0.39 is 10.0 Å². The summed E-state index contributed by atoms with van der Waals surface area (Å²) in [6, 6.07) is 7.92. The Balaban J connectivity index is 2.37. The first-order valence-corrected chi connectivity index (χ1v) is 8.16. The lowest BCUT2D eigenvalue weighted by molar-refractivity contribution is 0.342. The van der Waals surface area contributed by atoms with Crippen LogP contribution in [0.5, 0.6) is 5.75 Å². The summed E-state index contributed by atoms with van der Waals surface area (Å²) in [7, 11) is -3.74. The number of pyridine rings is 1. The minimum Gasteiger partial charge on any atom is -0.492 e. The summed E-state index contributed by atoms with van der Waals surface area (Å²) in [5, 5.41) is 0.117. The molecule has 0 fully saturated rings. The smallest absolute Gasteiger partial charge is 0.262 e. The van der Waals surface area contributed by atoms with Gasteiger partial charge in [-0.2, -0.15) is 0 Å². The number of halogens is 1. The number of ether oxygens (including phenoxy) is 1. The van der Waals surface area contributed by atoms with E-state index in [1.54, 1.807) is 18.2 Å². The molecule has 0 bridgehead atoms.